The van der Waals surface area contributed by atoms with Crippen LogP contribution in [0.1, 0.15) is 51.5 Å². The lowest BCUT2D eigenvalue weighted by molar-refractivity contribution is -0.326. The number of carbonyl (C=O) groups excluding carboxylic acids is 3. The van der Waals surface area contributed by atoms with Gasteiger partial charge in [0.25, 0.3) is 11.8 Å². The Balaban J connectivity index is 1.40. The molecule has 224 valence electrons. The van der Waals surface area contributed by atoms with E-state index in [1.54, 1.807) is 24.3 Å². The van der Waals surface area contributed by atoms with E-state index in [1.165, 1.54) is 6.92 Å². The van der Waals surface area contributed by atoms with Crippen molar-refractivity contribution in [3.63, 3.8) is 0 Å². The number of hydrogen-bond donors (Lipinski definition) is 0. The number of benzene rings is 3. The summed E-state index contributed by atoms with van der Waals surface area (Å²) in [6.07, 6.45) is -5.30. The Hall–Kier alpha value is -3.96. The van der Waals surface area contributed by atoms with Gasteiger partial charge >= 0.3 is 5.97 Å². The number of carbonyl (C=O) groups is 3. The number of nitrogens with zero attached hydrogens (tertiary/aromatic N) is 1. The Morgan fingerprint density at radius 2 is 1.56 bits per heavy atom. The maximum Gasteiger partial charge on any atom is 0.302 e. The van der Waals surface area contributed by atoms with Crippen molar-refractivity contribution in [2.75, 3.05) is 13.3 Å². The van der Waals surface area contributed by atoms with Gasteiger partial charge in [-0.25, -0.2) is 4.39 Å². The van der Waals surface area contributed by atoms with Gasteiger partial charge in [-0.3, -0.25) is 19.3 Å². The molecule has 2 fully saturated rings. The van der Waals surface area contributed by atoms with E-state index >= 15 is 0 Å². The Morgan fingerprint density at radius 3 is 2.19 bits per heavy atom. The van der Waals surface area contributed by atoms with Gasteiger partial charge in [-0.05, 0) is 17.7 Å². The molecule has 43 heavy (non-hydrogen) atoms. The highest BCUT2D eigenvalue weighted by Gasteiger charge is 2.56. The predicted octanol–water partition coefficient (Wildman–Crippen LogP) is 4.41. The Bertz CT molecular complexity index is 1420. The molecule has 0 spiro atoms. The lowest BCUT2D eigenvalue weighted by Gasteiger charge is -2.51. The number of hydrogen-bond acceptors (Lipinski definition) is 8. The molecule has 10 heteroatoms. The third-order valence-electron chi connectivity index (χ3n) is 7.93. The molecule has 0 saturated carbocycles. The maximum absolute atomic E-state index is 14.1. The van der Waals surface area contributed by atoms with Crippen molar-refractivity contribution in [3.8, 4) is 0 Å². The normalized spacial score (nSPS) is 27.3. The summed E-state index contributed by atoms with van der Waals surface area (Å²) in [5.74, 6) is -1.68. The fourth-order valence-electron chi connectivity index (χ4n) is 6.03. The standard InChI is InChI=1S/C33H32FNO8/c1-20(36)41-23(17-34)16-26-28(35-31(37)24-14-8-9-15-25(24)32(35)38)30(39-18-21-10-4-2-5-11-21)29-27(42-26)19-40-33(43-29)22-12-6-3-7-13-22/h2-15,23,26-30,33H,16-19H2,1H3/t23?,26-,27+,28-,29+,30+,33+/m0/s1. The van der Waals surface area contributed by atoms with Gasteiger partial charge < -0.3 is 23.7 Å². The molecule has 1 unspecified atom stereocenters. The van der Waals surface area contributed by atoms with Crippen molar-refractivity contribution in [1.29, 1.82) is 0 Å². The Labute approximate surface area is 248 Å². The summed E-state index contributed by atoms with van der Waals surface area (Å²) >= 11 is 0. The minimum atomic E-state index is -1.16. The highest BCUT2D eigenvalue weighted by atomic mass is 19.1. The van der Waals surface area contributed by atoms with Crippen LogP contribution in [0.3, 0.4) is 0 Å². The van der Waals surface area contributed by atoms with Gasteiger partial charge in [0.2, 0.25) is 0 Å². The van der Waals surface area contributed by atoms with Crippen LogP contribution in [0.5, 0.6) is 0 Å². The van der Waals surface area contributed by atoms with E-state index in [0.29, 0.717) is 0 Å². The van der Waals surface area contributed by atoms with Gasteiger partial charge in [-0.1, -0.05) is 72.8 Å². The van der Waals surface area contributed by atoms with Crippen LogP contribution in [0, 0.1) is 0 Å². The van der Waals surface area contributed by atoms with Crippen molar-refractivity contribution < 1.29 is 42.5 Å². The van der Waals surface area contributed by atoms with E-state index in [2.05, 4.69) is 0 Å². The molecule has 6 rings (SSSR count). The van der Waals surface area contributed by atoms with Gasteiger partial charge in [0.05, 0.1) is 36.5 Å². The lowest BCUT2D eigenvalue weighted by atomic mass is 9.87. The van der Waals surface area contributed by atoms with Crippen molar-refractivity contribution in [1.82, 2.24) is 4.90 Å². The maximum atomic E-state index is 14.1. The van der Waals surface area contributed by atoms with E-state index < -0.39 is 67.3 Å². The van der Waals surface area contributed by atoms with Crippen LogP contribution in [0.25, 0.3) is 0 Å². The topological polar surface area (TPSA) is 101 Å². The molecule has 0 bridgehead atoms. The van der Waals surface area contributed by atoms with Gasteiger partial charge in [0.1, 0.15) is 31.1 Å². The molecule has 0 radical (unpaired) electrons. The fourth-order valence-corrected chi connectivity index (χ4v) is 6.03. The zero-order chi connectivity index (χ0) is 29.9. The summed E-state index contributed by atoms with van der Waals surface area (Å²) in [6, 6.07) is 24.4. The number of imide groups is 1. The molecule has 7 atom stereocenters. The Kier molecular flexibility index (Phi) is 8.62. The van der Waals surface area contributed by atoms with Gasteiger partial charge in [0, 0.05) is 18.9 Å². The van der Waals surface area contributed by atoms with Crippen LogP contribution in [0.2, 0.25) is 0 Å². The molecule has 0 aliphatic carbocycles. The molecular weight excluding hydrogens is 557 g/mol. The van der Waals surface area contributed by atoms with E-state index in [0.717, 1.165) is 16.0 Å². The summed E-state index contributed by atoms with van der Waals surface area (Å²) in [6.45, 7) is 0.494. The first-order valence-corrected chi connectivity index (χ1v) is 14.3. The van der Waals surface area contributed by atoms with Gasteiger partial charge in [-0.15, -0.1) is 0 Å². The minimum absolute atomic E-state index is 0.120. The van der Waals surface area contributed by atoms with Crippen molar-refractivity contribution >= 4 is 17.8 Å². The van der Waals surface area contributed by atoms with Gasteiger partial charge in [0.15, 0.2) is 6.29 Å². The number of fused-ring (bicyclic) bond motifs is 2. The molecule has 3 aliphatic rings. The summed E-state index contributed by atoms with van der Waals surface area (Å²) in [4.78, 5) is 40.5. The zero-order valence-electron chi connectivity index (χ0n) is 23.5. The average molecular weight is 590 g/mol. The monoisotopic (exact) mass is 589 g/mol. The molecule has 2 amide bonds. The summed E-state index contributed by atoms with van der Waals surface area (Å²) in [7, 11) is 0. The number of ether oxygens (including phenoxy) is 5. The van der Waals surface area contributed by atoms with E-state index in [1.807, 2.05) is 60.7 Å². The third-order valence-corrected chi connectivity index (χ3v) is 7.93. The SMILES string of the molecule is CC(=O)OC(CF)C[C@@H]1O[C@@H]2CO[C@@H](c3ccccc3)O[C@H]2[C@H](OCc2ccccc2)[C@H]1N1C(=O)c2ccccc2C1=O. The Morgan fingerprint density at radius 1 is 0.930 bits per heavy atom. The minimum Gasteiger partial charge on any atom is -0.460 e. The molecule has 0 aromatic heterocycles. The first kappa shape index (κ1) is 29.1. The van der Waals surface area contributed by atoms with Crippen molar-refractivity contribution in [3.05, 3.63) is 107 Å². The van der Waals surface area contributed by atoms with Crippen LogP contribution < -0.4 is 0 Å². The van der Waals surface area contributed by atoms with Crippen molar-refractivity contribution in [2.45, 2.75) is 62.8 Å². The molecule has 3 heterocycles. The molecule has 2 saturated heterocycles. The van der Waals surface area contributed by atoms with Crippen LogP contribution in [-0.2, 0) is 35.1 Å². The van der Waals surface area contributed by atoms with E-state index in [-0.39, 0.29) is 30.8 Å². The number of halogens is 1. The average Bonchev–Trinajstić information content (AvgIpc) is 3.28. The quantitative estimate of drug-likeness (QED) is 0.267. The second kappa shape index (κ2) is 12.7. The van der Waals surface area contributed by atoms with Crippen LogP contribution in [0.4, 0.5) is 4.39 Å². The first-order valence-electron chi connectivity index (χ1n) is 14.3. The second-order valence-electron chi connectivity index (χ2n) is 10.8. The lowest BCUT2D eigenvalue weighted by Crippen LogP contribution is -2.68. The summed E-state index contributed by atoms with van der Waals surface area (Å²) in [5.41, 5.74) is 2.17. The predicted molar refractivity (Wildman–Crippen MR) is 151 cm³/mol. The van der Waals surface area contributed by atoms with E-state index in [9.17, 15) is 18.8 Å². The van der Waals surface area contributed by atoms with Crippen molar-refractivity contribution in [2.24, 2.45) is 0 Å². The highest BCUT2D eigenvalue weighted by Crippen LogP contribution is 2.40. The van der Waals surface area contributed by atoms with Gasteiger partial charge in [-0.2, -0.15) is 0 Å². The zero-order valence-corrected chi connectivity index (χ0v) is 23.5. The number of alkyl halides is 1. The molecular formula is C33H32FNO8. The summed E-state index contributed by atoms with van der Waals surface area (Å²) in [5, 5.41) is 0. The number of amides is 2. The molecule has 3 aromatic carbocycles. The van der Waals surface area contributed by atoms with Crippen LogP contribution >= 0.6 is 0 Å². The molecule has 9 nitrogen and oxygen atoms in total. The number of rotatable bonds is 9. The first-order chi connectivity index (χ1) is 20.9. The summed E-state index contributed by atoms with van der Waals surface area (Å²) < 4.78 is 44.9. The molecule has 0 N–H and O–H groups in total. The second-order valence-corrected chi connectivity index (χ2v) is 10.8. The number of esters is 1. The molecule has 3 aliphatic heterocycles. The fraction of sp³-hybridized carbons (Fsp3) is 0.364. The largest absolute Gasteiger partial charge is 0.460 e. The molecule has 3 aromatic rings. The van der Waals surface area contributed by atoms with Crippen LogP contribution in [-0.4, -0.2) is 72.5 Å². The van der Waals surface area contributed by atoms with E-state index in [4.69, 9.17) is 23.7 Å². The third kappa shape index (κ3) is 5.96. The smallest absolute Gasteiger partial charge is 0.302 e. The highest BCUT2D eigenvalue weighted by molar-refractivity contribution is 6.21. The van der Waals surface area contributed by atoms with Crippen LogP contribution in [0.15, 0.2) is 84.9 Å².